The number of nitrogens with zero attached hydrogens (tertiary/aromatic N) is 1. The summed E-state index contributed by atoms with van der Waals surface area (Å²) in [7, 11) is 0. The summed E-state index contributed by atoms with van der Waals surface area (Å²) in [5, 5.41) is 0. The zero-order chi connectivity index (χ0) is 7.47. The Bertz CT molecular complexity index is 190. The summed E-state index contributed by atoms with van der Waals surface area (Å²) < 4.78 is 5.71. The van der Waals surface area contributed by atoms with Crippen LogP contribution in [0.4, 0.5) is 0 Å². The minimum absolute atomic E-state index is 0.229. The van der Waals surface area contributed by atoms with Gasteiger partial charge in [-0.25, -0.2) is 0 Å². The van der Waals surface area contributed by atoms with Crippen LogP contribution >= 0.6 is 0 Å². The summed E-state index contributed by atoms with van der Waals surface area (Å²) in [6.45, 7) is 4.45. The number of fused-ring (bicyclic) bond motifs is 2. The summed E-state index contributed by atoms with van der Waals surface area (Å²) in [6.07, 6.45) is 4.16. The Kier molecular flexibility index (Phi) is 1.06. The van der Waals surface area contributed by atoms with E-state index in [4.69, 9.17) is 4.74 Å². The van der Waals surface area contributed by atoms with Crippen LogP contribution < -0.4 is 0 Å². The fourth-order valence-electron chi connectivity index (χ4n) is 2.59. The first-order valence-corrected chi connectivity index (χ1v) is 4.67. The Morgan fingerprint density at radius 3 is 2.64 bits per heavy atom. The lowest BCUT2D eigenvalue weighted by atomic mass is 10.1. The number of likely N-dealkylation sites (tertiary alicyclic amines) is 1. The highest BCUT2D eigenvalue weighted by Crippen LogP contribution is 2.42. The second kappa shape index (κ2) is 1.80. The third-order valence-electron chi connectivity index (χ3n) is 3.29. The van der Waals surface area contributed by atoms with Crippen molar-refractivity contribution in [3.8, 4) is 0 Å². The van der Waals surface area contributed by atoms with Crippen molar-refractivity contribution in [1.29, 1.82) is 0 Å². The first kappa shape index (κ1) is 6.44. The molecule has 1 saturated carbocycles. The van der Waals surface area contributed by atoms with Gasteiger partial charge in [0, 0.05) is 18.6 Å². The monoisotopic (exact) mass is 153 g/mol. The summed E-state index contributed by atoms with van der Waals surface area (Å²) >= 11 is 0. The van der Waals surface area contributed by atoms with Gasteiger partial charge in [-0.1, -0.05) is 0 Å². The Hall–Kier alpha value is -0.0800. The Balaban J connectivity index is 1.81. The van der Waals surface area contributed by atoms with E-state index in [1.807, 2.05) is 0 Å². The van der Waals surface area contributed by atoms with Gasteiger partial charge in [-0.2, -0.15) is 0 Å². The highest BCUT2D eigenvalue weighted by molar-refractivity contribution is 5.04. The fraction of sp³-hybridized carbons (Fsp3) is 1.00. The van der Waals surface area contributed by atoms with Crippen molar-refractivity contribution in [2.45, 2.75) is 43.9 Å². The zero-order valence-corrected chi connectivity index (χ0v) is 7.05. The van der Waals surface area contributed by atoms with Gasteiger partial charge >= 0.3 is 0 Å². The normalized spacial score (nSPS) is 50.5. The molecule has 0 aromatic carbocycles. The number of hydrogen-bond donors (Lipinski definition) is 0. The summed E-state index contributed by atoms with van der Waals surface area (Å²) in [5.41, 5.74) is 0.229. The minimum Gasteiger partial charge on any atom is -0.372 e. The Morgan fingerprint density at radius 1 is 1.36 bits per heavy atom. The smallest absolute Gasteiger partial charge is 0.0797 e. The van der Waals surface area contributed by atoms with Crippen molar-refractivity contribution in [3.05, 3.63) is 0 Å². The molecular weight excluding hydrogens is 138 g/mol. The fourth-order valence-corrected chi connectivity index (χ4v) is 2.59. The van der Waals surface area contributed by atoms with Crippen LogP contribution in [0.15, 0.2) is 0 Å². The predicted molar refractivity (Wildman–Crippen MR) is 42.5 cm³/mol. The van der Waals surface area contributed by atoms with Crippen LogP contribution in [0.1, 0.15) is 26.2 Å². The lowest BCUT2D eigenvalue weighted by Crippen LogP contribution is -2.42. The summed E-state index contributed by atoms with van der Waals surface area (Å²) in [4.78, 5) is 2.67. The van der Waals surface area contributed by atoms with Crippen LogP contribution in [0.2, 0.25) is 0 Å². The van der Waals surface area contributed by atoms with Gasteiger partial charge in [-0.3, -0.25) is 4.90 Å². The highest BCUT2D eigenvalue weighted by atomic mass is 16.5. The molecule has 2 nitrogen and oxygen atoms in total. The van der Waals surface area contributed by atoms with Crippen LogP contribution in [0.3, 0.4) is 0 Å². The van der Waals surface area contributed by atoms with E-state index < -0.39 is 0 Å². The molecule has 2 bridgehead atoms. The summed E-state index contributed by atoms with van der Waals surface area (Å²) in [6, 6.07) is 1.71. The van der Waals surface area contributed by atoms with E-state index in [2.05, 4.69) is 11.8 Å². The van der Waals surface area contributed by atoms with Crippen molar-refractivity contribution in [2.24, 2.45) is 0 Å². The molecule has 11 heavy (non-hydrogen) atoms. The molecule has 0 spiro atoms. The SMILES string of the molecule is C[C@@]12C[C@@H](CO1)N(C1CC1)C2. The van der Waals surface area contributed by atoms with E-state index in [1.165, 1.54) is 25.8 Å². The molecule has 2 heteroatoms. The van der Waals surface area contributed by atoms with Gasteiger partial charge in [-0.05, 0) is 26.2 Å². The van der Waals surface area contributed by atoms with E-state index in [0.717, 1.165) is 18.7 Å². The molecule has 3 rings (SSSR count). The molecule has 0 aromatic heterocycles. The van der Waals surface area contributed by atoms with Gasteiger partial charge in [0.1, 0.15) is 0 Å². The van der Waals surface area contributed by atoms with Crippen molar-refractivity contribution < 1.29 is 4.74 Å². The number of ether oxygens (including phenoxy) is 1. The average molecular weight is 153 g/mol. The van der Waals surface area contributed by atoms with E-state index in [-0.39, 0.29) is 5.60 Å². The molecule has 0 radical (unpaired) electrons. The molecule has 2 atom stereocenters. The Labute approximate surface area is 67.5 Å². The molecule has 3 fully saturated rings. The van der Waals surface area contributed by atoms with E-state index in [1.54, 1.807) is 0 Å². The molecule has 0 unspecified atom stereocenters. The van der Waals surface area contributed by atoms with E-state index in [0.29, 0.717) is 0 Å². The molecular formula is C9H15NO. The molecule has 2 saturated heterocycles. The molecule has 0 amide bonds. The van der Waals surface area contributed by atoms with Crippen LogP contribution in [-0.2, 0) is 4.74 Å². The zero-order valence-electron chi connectivity index (χ0n) is 7.05. The number of hydrogen-bond acceptors (Lipinski definition) is 2. The molecule has 3 aliphatic rings. The topological polar surface area (TPSA) is 12.5 Å². The van der Waals surface area contributed by atoms with Crippen LogP contribution in [0.25, 0.3) is 0 Å². The first-order chi connectivity index (χ1) is 5.27. The van der Waals surface area contributed by atoms with Crippen LogP contribution in [0, 0.1) is 0 Å². The molecule has 2 aliphatic heterocycles. The van der Waals surface area contributed by atoms with Crippen molar-refractivity contribution >= 4 is 0 Å². The number of morpholine rings is 1. The van der Waals surface area contributed by atoms with Gasteiger partial charge in [0.15, 0.2) is 0 Å². The van der Waals surface area contributed by atoms with Crippen LogP contribution in [-0.4, -0.2) is 35.7 Å². The lowest BCUT2D eigenvalue weighted by Gasteiger charge is -2.30. The summed E-state index contributed by atoms with van der Waals surface area (Å²) in [5.74, 6) is 0. The molecule has 62 valence electrons. The van der Waals surface area contributed by atoms with Crippen LogP contribution in [0.5, 0.6) is 0 Å². The van der Waals surface area contributed by atoms with Crippen molar-refractivity contribution in [2.75, 3.05) is 13.2 Å². The van der Waals surface area contributed by atoms with Gasteiger partial charge in [0.25, 0.3) is 0 Å². The molecule has 2 heterocycles. The quantitative estimate of drug-likeness (QED) is 0.557. The average Bonchev–Trinajstić information content (AvgIpc) is 2.68. The largest absolute Gasteiger partial charge is 0.372 e. The highest BCUT2D eigenvalue weighted by Gasteiger charge is 2.51. The maximum Gasteiger partial charge on any atom is 0.0797 e. The standard InChI is InChI=1S/C9H15NO/c1-9-4-8(5-11-9)10(6-9)7-2-3-7/h7-8H,2-6H2,1H3/t8-,9-/m0/s1. The maximum absolute atomic E-state index is 5.71. The van der Waals surface area contributed by atoms with Crippen molar-refractivity contribution in [3.63, 3.8) is 0 Å². The van der Waals surface area contributed by atoms with Gasteiger partial charge in [0.05, 0.1) is 12.2 Å². The first-order valence-electron chi connectivity index (χ1n) is 4.67. The minimum atomic E-state index is 0.229. The van der Waals surface area contributed by atoms with Gasteiger partial charge in [0.2, 0.25) is 0 Å². The third kappa shape index (κ3) is 0.859. The third-order valence-corrected chi connectivity index (χ3v) is 3.29. The lowest BCUT2D eigenvalue weighted by molar-refractivity contribution is -0.0351. The Morgan fingerprint density at radius 2 is 2.18 bits per heavy atom. The van der Waals surface area contributed by atoms with Crippen molar-refractivity contribution in [1.82, 2.24) is 4.90 Å². The van der Waals surface area contributed by atoms with Gasteiger partial charge < -0.3 is 4.74 Å². The maximum atomic E-state index is 5.71. The van der Waals surface area contributed by atoms with E-state index in [9.17, 15) is 0 Å². The molecule has 0 N–H and O–H groups in total. The molecule has 1 aliphatic carbocycles. The molecule has 0 aromatic rings. The predicted octanol–water partition coefficient (Wildman–Crippen LogP) is 1.01. The second-order valence-corrected chi connectivity index (χ2v) is 4.52. The second-order valence-electron chi connectivity index (χ2n) is 4.52. The number of rotatable bonds is 1. The van der Waals surface area contributed by atoms with E-state index >= 15 is 0 Å². The van der Waals surface area contributed by atoms with Gasteiger partial charge in [-0.15, -0.1) is 0 Å².